The molecule has 0 amide bonds. The predicted molar refractivity (Wildman–Crippen MR) is 91.8 cm³/mol. The second-order valence-electron chi connectivity index (χ2n) is 8.50. The molecule has 3 fully saturated rings. The molecule has 28 heavy (non-hydrogen) atoms. The van der Waals surface area contributed by atoms with Crippen molar-refractivity contribution in [3.05, 3.63) is 11.6 Å². The molecule has 9 nitrogen and oxygen atoms in total. The summed E-state index contributed by atoms with van der Waals surface area (Å²) >= 11 is 0. The number of ether oxygens (including phenoxy) is 4. The molecule has 2 heterocycles. The van der Waals surface area contributed by atoms with Gasteiger partial charge in [0.25, 0.3) is 0 Å². The average Bonchev–Trinajstić information content (AvgIpc) is 3.39. The molecule has 2 saturated heterocycles. The first kappa shape index (κ1) is 19.8. The zero-order chi connectivity index (χ0) is 20.6. The van der Waals surface area contributed by atoms with E-state index in [1.807, 2.05) is 0 Å². The van der Waals surface area contributed by atoms with Crippen LogP contribution in [0.5, 0.6) is 0 Å². The summed E-state index contributed by atoms with van der Waals surface area (Å²) in [6, 6.07) is 0. The molecule has 3 N–H and O–H groups in total. The lowest BCUT2D eigenvalue weighted by Crippen LogP contribution is -2.73. The van der Waals surface area contributed by atoms with Crippen LogP contribution in [0, 0.1) is 10.8 Å². The number of fused-ring (bicyclic) bond motifs is 2. The number of aliphatic hydroxyl groups is 3. The number of esters is 2. The van der Waals surface area contributed by atoms with Crippen LogP contribution in [0.4, 0.5) is 0 Å². The van der Waals surface area contributed by atoms with Crippen molar-refractivity contribution in [1.82, 2.24) is 0 Å². The van der Waals surface area contributed by atoms with E-state index in [0.29, 0.717) is 5.57 Å². The molecule has 0 aromatic rings. The van der Waals surface area contributed by atoms with Gasteiger partial charge in [-0.3, -0.25) is 9.59 Å². The maximum atomic E-state index is 11.8. The van der Waals surface area contributed by atoms with E-state index in [9.17, 15) is 24.9 Å². The van der Waals surface area contributed by atoms with Crippen LogP contribution in [0.25, 0.3) is 0 Å². The van der Waals surface area contributed by atoms with Gasteiger partial charge in [0.05, 0.1) is 29.6 Å². The number of epoxide rings is 1. The van der Waals surface area contributed by atoms with Crippen molar-refractivity contribution < 1.29 is 43.9 Å². The van der Waals surface area contributed by atoms with Gasteiger partial charge in [-0.05, 0) is 12.5 Å². The summed E-state index contributed by atoms with van der Waals surface area (Å²) in [4.78, 5) is 23.4. The summed E-state index contributed by atoms with van der Waals surface area (Å²) in [5.74, 6) is -1.18. The Morgan fingerprint density at radius 3 is 2.43 bits per heavy atom. The number of hydrogen-bond donors (Lipinski definition) is 3. The van der Waals surface area contributed by atoms with Gasteiger partial charge in [-0.1, -0.05) is 13.0 Å². The van der Waals surface area contributed by atoms with E-state index in [4.69, 9.17) is 18.9 Å². The Labute approximate surface area is 162 Å². The normalized spacial score (nSPS) is 51.3. The molecule has 0 aromatic heterocycles. The highest BCUT2D eigenvalue weighted by Gasteiger charge is 2.87. The molecule has 2 bridgehead atoms. The minimum absolute atomic E-state index is 0.225. The van der Waals surface area contributed by atoms with E-state index in [0.717, 1.165) is 0 Å². The molecule has 4 rings (SSSR count). The minimum atomic E-state index is -1.41. The number of aliphatic hydroxyl groups excluding tert-OH is 3. The first-order chi connectivity index (χ1) is 13.0. The molecule has 156 valence electrons. The van der Waals surface area contributed by atoms with Gasteiger partial charge in [-0.25, -0.2) is 0 Å². The van der Waals surface area contributed by atoms with Gasteiger partial charge >= 0.3 is 11.9 Å². The average molecular weight is 398 g/mol. The molecule has 0 radical (unpaired) electrons. The van der Waals surface area contributed by atoms with E-state index in [2.05, 4.69) is 0 Å². The van der Waals surface area contributed by atoms with Gasteiger partial charge in [-0.15, -0.1) is 0 Å². The molecule has 2 unspecified atom stereocenters. The highest BCUT2D eigenvalue weighted by Crippen LogP contribution is 2.72. The van der Waals surface area contributed by atoms with Crippen molar-refractivity contribution in [3.8, 4) is 0 Å². The summed E-state index contributed by atoms with van der Waals surface area (Å²) in [6.07, 6.45) is -4.83. The summed E-state index contributed by atoms with van der Waals surface area (Å²) in [6.45, 7) is 5.79. The Bertz CT molecular complexity index is 744. The van der Waals surface area contributed by atoms with Crippen LogP contribution < -0.4 is 0 Å². The lowest BCUT2D eigenvalue weighted by atomic mass is 9.49. The highest BCUT2D eigenvalue weighted by atomic mass is 16.7. The quantitative estimate of drug-likeness (QED) is 0.313. The van der Waals surface area contributed by atoms with Crippen LogP contribution in [0.15, 0.2) is 11.6 Å². The Morgan fingerprint density at radius 2 is 1.89 bits per heavy atom. The molecular formula is C19H26O9. The molecule has 9 atom stereocenters. The van der Waals surface area contributed by atoms with Gasteiger partial charge in [0, 0.05) is 13.8 Å². The second-order valence-corrected chi connectivity index (χ2v) is 8.50. The zero-order valence-corrected chi connectivity index (χ0v) is 16.2. The lowest BCUT2D eigenvalue weighted by Gasteiger charge is -2.60. The second kappa shape index (κ2) is 5.99. The van der Waals surface area contributed by atoms with Crippen molar-refractivity contribution in [2.24, 2.45) is 10.8 Å². The van der Waals surface area contributed by atoms with E-state index in [1.165, 1.54) is 13.8 Å². The third-order valence-electron chi connectivity index (χ3n) is 7.27. The molecule has 4 aliphatic rings. The van der Waals surface area contributed by atoms with Crippen LogP contribution in [0.1, 0.15) is 27.7 Å². The third-order valence-corrected chi connectivity index (χ3v) is 7.27. The molecule has 0 aromatic carbocycles. The molecule has 1 saturated carbocycles. The smallest absolute Gasteiger partial charge is 0.303 e. The van der Waals surface area contributed by atoms with Crippen LogP contribution in [-0.4, -0.2) is 82.7 Å². The Hall–Kier alpha value is -1.52. The number of carbonyl (C=O) groups is 2. The van der Waals surface area contributed by atoms with E-state index in [1.54, 1.807) is 19.9 Å². The largest absolute Gasteiger partial charge is 0.465 e. The van der Waals surface area contributed by atoms with E-state index < -0.39 is 65.0 Å². The molecule has 9 heteroatoms. The number of rotatable bonds is 3. The van der Waals surface area contributed by atoms with E-state index >= 15 is 0 Å². The lowest BCUT2D eigenvalue weighted by molar-refractivity contribution is -0.274. The number of carbonyl (C=O) groups excluding carboxylic acids is 2. The monoisotopic (exact) mass is 398 g/mol. The fourth-order valence-corrected chi connectivity index (χ4v) is 5.71. The van der Waals surface area contributed by atoms with Crippen molar-refractivity contribution in [3.63, 3.8) is 0 Å². The summed E-state index contributed by atoms with van der Waals surface area (Å²) < 4.78 is 22.8. The molecular weight excluding hydrogens is 372 g/mol. The van der Waals surface area contributed by atoms with Gasteiger partial charge < -0.3 is 34.3 Å². The summed E-state index contributed by atoms with van der Waals surface area (Å²) in [5, 5.41) is 32.9. The fraction of sp³-hybridized carbons (Fsp3) is 0.789. The van der Waals surface area contributed by atoms with E-state index in [-0.39, 0.29) is 13.2 Å². The Balaban J connectivity index is 1.93. The van der Waals surface area contributed by atoms with Crippen LogP contribution in [-0.2, 0) is 28.5 Å². The zero-order valence-electron chi connectivity index (χ0n) is 16.2. The molecule has 1 spiro atoms. The Morgan fingerprint density at radius 1 is 1.25 bits per heavy atom. The van der Waals surface area contributed by atoms with Gasteiger partial charge in [0.15, 0.2) is 0 Å². The van der Waals surface area contributed by atoms with Gasteiger partial charge in [0.2, 0.25) is 0 Å². The SMILES string of the molecule is CC(=O)OC[C@]12[C@H](O)[C@H](O)C(C)=C[C@H]1O[C@@H]1[C@H](O)[C@@H](OC(C)=O)C2(C)C12CO2. The first-order valence-corrected chi connectivity index (χ1v) is 9.35. The van der Waals surface area contributed by atoms with Gasteiger partial charge in [0.1, 0.15) is 36.6 Å². The third kappa shape index (κ3) is 2.14. The predicted octanol–water partition coefficient (Wildman–Crippen LogP) is -0.933. The van der Waals surface area contributed by atoms with Crippen molar-refractivity contribution in [2.75, 3.05) is 13.2 Å². The maximum Gasteiger partial charge on any atom is 0.303 e. The minimum Gasteiger partial charge on any atom is -0.465 e. The maximum absolute atomic E-state index is 11.8. The first-order valence-electron chi connectivity index (χ1n) is 9.35. The summed E-state index contributed by atoms with van der Waals surface area (Å²) in [7, 11) is 0. The van der Waals surface area contributed by atoms with Crippen LogP contribution in [0.2, 0.25) is 0 Å². The van der Waals surface area contributed by atoms with Crippen molar-refractivity contribution >= 4 is 11.9 Å². The number of hydrogen-bond acceptors (Lipinski definition) is 9. The molecule has 2 aliphatic heterocycles. The van der Waals surface area contributed by atoms with Gasteiger partial charge in [-0.2, -0.15) is 0 Å². The van der Waals surface area contributed by atoms with Crippen LogP contribution in [0.3, 0.4) is 0 Å². The topological polar surface area (TPSA) is 135 Å². The standard InChI is InChI=1S/C19H26O9/c1-8-5-11-18(6-25-9(2)20,14(24)12(8)22)17(4)15(27-10(3)21)13(23)16(28-11)19(17)7-26-19/h5,11-16,22-24H,6-7H2,1-4H3/t11-,12-,13-,14-,15-,16-,17?,18-,19?/m1/s1. The van der Waals surface area contributed by atoms with Crippen molar-refractivity contribution in [2.45, 2.75) is 69.9 Å². The summed E-state index contributed by atoms with van der Waals surface area (Å²) in [5.41, 5.74) is -3.11. The molecule has 2 aliphatic carbocycles. The fourth-order valence-electron chi connectivity index (χ4n) is 5.71. The van der Waals surface area contributed by atoms with Crippen LogP contribution >= 0.6 is 0 Å². The van der Waals surface area contributed by atoms with Crippen molar-refractivity contribution in [1.29, 1.82) is 0 Å². The highest BCUT2D eigenvalue weighted by molar-refractivity contribution is 5.67. The Kier molecular flexibility index (Phi) is 4.23.